The van der Waals surface area contributed by atoms with E-state index in [1.54, 1.807) is 0 Å². The largest absolute Gasteiger partial charge is 0.493 e. The van der Waals surface area contributed by atoms with Gasteiger partial charge in [-0.25, -0.2) is 0 Å². The van der Waals surface area contributed by atoms with Gasteiger partial charge in [0.05, 0.1) is 25.4 Å². The number of aldehydes is 1. The van der Waals surface area contributed by atoms with E-state index in [9.17, 15) is 4.79 Å². The van der Waals surface area contributed by atoms with Crippen molar-refractivity contribution in [2.45, 2.75) is 121 Å². The summed E-state index contributed by atoms with van der Waals surface area (Å²) in [5.41, 5.74) is 0. The van der Waals surface area contributed by atoms with Crippen LogP contribution in [-0.2, 0) is 28.2 Å². The molecule has 1 saturated carbocycles. The van der Waals surface area contributed by atoms with Gasteiger partial charge in [-0.2, -0.15) is 0 Å². The Morgan fingerprint density at radius 1 is 1.00 bits per heavy atom. The van der Waals surface area contributed by atoms with Crippen molar-refractivity contribution in [3.63, 3.8) is 0 Å². The average Bonchev–Trinajstić information content (AvgIpc) is 3.27. The van der Waals surface area contributed by atoms with Crippen LogP contribution in [0.3, 0.4) is 0 Å². The Balaban J connectivity index is 1.61. The first kappa shape index (κ1) is 33.7. The Morgan fingerprint density at radius 3 is 2.26 bits per heavy atom. The Hall–Kier alpha value is -1.23. The monoisotopic (exact) mass is 666 g/mol. The first-order chi connectivity index (χ1) is 20.1. The van der Waals surface area contributed by atoms with Crippen LogP contribution in [0.25, 0.3) is 0 Å². The van der Waals surface area contributed by atoms with Gasteiger partial charge in [-0.15, -0.1) is 0 Å². The molecule has 3 unspecified atom stereocenters. The minimum absolute atomic E-state index is 0.0507. The zero-order valence-electron chi connectivity index (χ0n) is 26.1. The number of hydrogen-bond acceptors (Lipinski definition) is 7. The van der Waals surface area contributed by atoms with Gasteiger partial charge in [-0.3, -0.25) is 0 Å². The molecule has 2 heterocycles. The lowest BCUT2D eigenvalue weighted by Gasteiger charge is -2.40. The molecule has 7 nitrogen and oxygen atoms in total. The van der Waals surface area contributed by atoms with Crippen LogP contribution in [-0.4, -0.2) is 59.2 Å². The highest BCUT2D eigenvalue weighted by Gasteiger charge is 2.51. The molecule has 6 atom stereocenters. The number of hydrogen-bond donors (Lipinski definition) is 0. The van der Waals surface area contributed by atoms with Gasteiger partial charge in [0.25, 0.3) is 0 Å². The molecule has 2 saturated heterocycles. The summed E-state index contributed by atoms with van der Waals surface area (Å²) in [6.45, 7) is 13.2. The molecule has 4 rings (SSSR count). The maximum absolute atomic E-state index is 12.1. The van der Waals surface area contributed by atoms with Gasteiger partial charge in [-0.05, 0) is 87.0 Å². The normalized spacial score (nSPS) is 29.3. The lowest BCUT2D eigenvalue weighted by atomic mass is 9.88. The molecule has 0 bridgehead atoms. The fraction of sp³-hybridized carbons (Fsp3) is 0.727. The van der Waals surface area contributed by atoms with Crippen molar-refractivity contribution in [2.24, 2.45) is 11.8 Å². The number of benzene rings is 1. The van der Waals surface area contributed by atoms with Crippen molar-refractivity contribution < 1.29 is 32.9 Å². The van der Waals surface area contributed by atoms with E-state index in [1.807, 2.05) is 24.3 Å². The van der Waals surface area contributed by atoms with E-state index >= 15 is 0 Å². The van der Waals surface area contributed by atoms with E-state index in [0.717, 1.165) is 60.8 Å². The summed E-state index contributed by atoms with van der Waals surface area (Å²) in [6, 6.07) is 7.85. The lowest BCUT2D eigenvalue weighted by molar-refractivity contribution is -0.201. The molecule has 9 heteroatoms. The number of ether oxygens (including phenoxy) is 5. The van der Waals surface area contributed by atoms with Gasteiger partial charge in [0.15, 0.2) is 20.9 Å². The summed E-state index contributed by atoms with van der Waals surface area (Å²) in [7, 11) is -2.11. The number of carbonyl (C=O) groups excluding carboxylic acids is 1. The first-order valence-electron chi connectivity index (χ1n) is 15.8. The molecule has 0 aromatic heterocycles. The van der Waals surface area contributed by atoms with Gasteiger partial charge in [0.1, 0.15) is 17.8 Å². The second-order valence-corrected chi connectivity index (χ2v) is 19.0. The predicted molar refractivity (Wildman–Crippen MR) is 170 cm³/mol. The van der Waals surface area contributed by atoms with E-state index in [4.69, 9.17) is 28.1 Å². The van der Waals surface area contributed by atoms with E-state index < -0.39 is 8.32 Å². The minimum atomic E-state index is -2.11. The second-order valence-electron chi connectivity index (χ2n) is 13.3. The number of halogens is 1. The Bertz CT molecular complexity index is 997. The predicted octanol–water partition coefficient (Wildman–Crippen LogP) is 8.17. The molecule has 0 amide bonds. The third-order valence-corrected chi connectivity index (χ3v) is 14.2. The third-order valence-electron chi connectivity index (χ3n) is 9.17. The van der Waals surface area contributed by atoms with Crippen molar-refractivity contribution in [1.29, 1.82) is 0 Å². The van der Waals surface area contributed by atoms with Crippen molar-refractivity contribution in [3.05, 3.63) is 40.6 Å². The highest BCUT2D eigenvalue weighted by atomic mass is 79.9. The van der Waals surface area contributed by atoms with Crippen LogP contribution in [0.15, 0.2) is 40.6 Å². The van der Waals surface area contributed by atoms with Gasteiger partial charge < -0.3 is 32.9 Å². The van der Waals surface area contributed by atoms with Crippen LogP contribution in [0.5, 0.6) is 5.75 Å². The average molecular weight is 668 g/mol. The SMILES string of the molecule is CC(C)(C)[Si](C)(C)OC1C[C@H](OC2CCCCO2)[C@H](/C(=C\CCOc2ccc(Br)cc2)OC2CCCCO2)[C@@H]1CC=O. The molecule has 3 fully saturated rings. The second kappa shape index (κ2) is 15.7. The van der Waals surface area contributed by atoms with E-state index in [-0.39, 0.29) is 41.7 Å². The van der Waals surface area contributed by atoms with Crippen LogP contribution >= 0.6 is 15.9 Å². The van der Waals surface area contributed by atoms with Crippen molar-refractivity contribution in [2.75, 3.05) is 19.8 Å². The fourth-order valence-electron chi connectivity index (χ4n) is 5.83. The molecule has 0 spiro atoms. The van der Waals surface area contributed by atoms with Crippen LogP contribution in [0.4, 0.5) is 0 Å². The molecule has 2 aliphatic heterocycles. The summed E-state index contributed by atoms with van der Waals surface area (Å²) in [4.78, 5) is 12.1. The first-order valence-corrected chi connectivity index (χ1v) is 19.5. The summed E-state index contributed by atoms with van der Waals surface area (Å²) >= 11 is 3.48. The van der Waals surface area contributed by atoms with Crippen molar-refractivity contribution >= 4 is 30.5 Å². The van der Waals surface area contributed by atoms with Gasteiger partial charge in [-0.1, -0.05) is 36.7 Å². The standard InChI is InChI=1S/C33H51BrO7Si/c1-33(2,3)42(4,5)41-28-23-29(40-31-13-7-9-21-38-31)32(26(28)18-19-35)27(39-30-12-6-8-20-37-30)11-10-22-36-25-16-14-24(34)15-17-25/h11,14-17,19,26,28-32H,6-10,12-13,18,20-23H2,1-5H3/b27-11+/t26-,28?,29+,30?,31?,32+/m1/s1. The highest BCUT2D eigenvalue weighted by Crippen LogP contribution is 2.47. The third kappa shape index (κ3) is 9.38. The lowest BCUT2D eigenvalue weighted by Crippen LogP contribution is -2.45. The Morgan fingerprint density at radius 2 is 1.67 bits per heavy atom. The van der Waals surface area contributed by atoms with E-state index in [1.165, 1.54) is 0 Å². The molecule has 3 aliphatic rings. The molecular formula is C33H51BrO7Si. The van der Waals surface area contributed by atoms with Crippen molar-refractivity contribution in [1.82, 2.24) is 0 Å². The molecule has 1 aromatic rings. The van der Waals surface area contributed by atoms with Gasteiger partial charge >= 0.3 is 0 Å². The molecule has 236 valence electrons. The van der Waals surface area contributed by atoms with Gasteiger partial charge in [0.2, 0.25) is 0 Å². The highest BCUT2D eigenvalue weighted by molar-refractivity contribution is 9.10. The van der Waals surface area contributed by atoms with Crippen LogP contribution in [0, 0.1) is 11.8 Å². The molecule has 1 aromatic carbocycles. The smallest absolute Gasteiger partial charge is 0.199 e. The van der Waals surface area contributed by atoms with E-state index in [0.29, 0.717) is 39.1 Å². The zero-order valence-corrected chi connectivity index (χ0v) is 28.7. The molecule has 0 radical (unpaired) electrons. The molecule has 42 heavy (non-hydrogen) atoms. The van der Waals surface area contributed by atoms with Crippen LogP contribution in [0.1, 0.15) is 78.6 Å². The molecule has 0 N–H and O–H groups in total. The summed E-state index contributed by atoms with van der Waals surface area (Å²) in [6.07, 6.45) is 10.1. The summed E-state index contributed by atoms with van der Waals surface area (Å²) in [5.74, 6) is 1.44. The van der Waals surface area contributed by atoms with Crippen molar-refractivity contribution in [3.8, 4) is 5.75 Å². The Kier molecular flexibility index (Phi) is 12.6. The topological polar surface area (TPSA) is 72.5 Å². The fourth-order valence-corrected chi connectivity index (χ4v) is 7.48. The van der Waals surface area contributed by atoms with Crippen LogP contribution in [0.2, 0.25) is 18.1 Å². The van der Waals surface area contributed by atoms with E-state index in [2.05, 4.69) is 55.9 Å². The maximum Gasteiger partial charge on any atom is 0.199 e. The maximum atomic E-state index is 12.1. The Labute approximate surface area is 262 Å². The summed E-state index contributed by atoms with van der Waals surface area (Å²) < 4.78 is 39.5. The number of carbonyl (C=O) groups is 1. The summed E-state index contributed by atoms with van der Waals surface area (Å²) in [5, 5.41) is 0.0507. The molecular weight excluding hydrogens is 616 g/mol. The number of rotatable bonds is 13. The molecule has 1 aliphatic carbocycles. The van der Waals surface area contributed by atoms with Gasteiger partial charge in [0, 0.05) is 42.2 Å². The quantitative estimate of drug-likeness (QED) is 0.0910. The minimum Gasteiger partial charge on any atom is -0.493 e. The van der Waals surface area contributed by atoms with Crippen LogP contribution < -0.4 is 4.74 Å². The zero-order chi connectivity index (χ0) is 30.2.